The molecule has 1 aromatic heterocycles. The van der Waals surface area contributed by atoms with Crippen LogP contribution in [0.4, 0.5) is 0 Å². The van der Waals surface area contributed by atoms with Gasteiger partial charge in [-0.3, -0.25) is 0 Å². The summed E-state index contributed by atoms with van der Waals surface area (Å²) in [4.78, 5) is 0.340. The minimum atomic E-state index is -3.40. The minimum Gasteiger partial charge on any atom is -0.346 e. The molecule has 0 aliphatic rings. The summed E-state index contributed by atoms with van der Waals surface area (Å²) in [6, 6.07) is 1.87. The summed E-state index contributed by atoms with van der Waals surface area (Å²) in [6.45, 7) is 8.88. The second-order valence-electron chi connectivity index (χ2n) is 4.80. The Morgan fingerprint density at radius 1 is 1.37 bits per heavy atom. The van der Waals surface area contributed by atoms with E-state index in [1.54, 1.807) is 12.3 Å². The third kappa shape index (κ3) is 3.52. The minimum absolute atomic E-state index is 0.193. The molecule has 0 spiro atoms. The lowest BCUT2D eigenvalue weighted by Crippen LogP contribution is -2.31. The van der Waals surface area contributed by atoms with Crippen LogP contribution in [-0.4, -0.2) is 30.4 Å². The van der Waals surface area contributed by atoms with Gasteiger partial charge in [-0.05, 0) is 26.3 Å². The van der Waals surface area contributed by atoms with Crippen molar-refractivity contribution < 1.29 is 8.42 Å². The van der Waals surface area contributed by atoms with Gasteiger partial charge in [0.05, 0.1) is 5.88 Å². The van der Waals surface area contributed by atoms with Crippen molar-refractivity contribution >= 4 is 21.6 Å². The molecule has 0 amide bonds. The number of hydrogen-bond donors (Lipinski definition) is 0. The largest absolute Gasteiger partial charge is 0.346 e. The molecule has 1 heterocycles. The molecule has 0 saturated carbocycles. The van der Waals surface area contributed by atoms with Gasteiger partial charge in [0.1, 0.15) is 4.90 Å². The van der Waals surface area contributed by atoms with Crippen molar-refractivity contribution in [3.05, 3.63) is 18.0 Å². The zero-order valence-corrected chi connectivity index (χ0v) is 13.6. The lowest BCUT2D eigenvalue weighted by Gasteiger charge is -2.18. The lowest BCUT2D eigenvalue weighted by atomic mass is 10.4. The molecular formula is C13H23ClN2O2S. The van der Waals surface area contributed by atoms with Gasteiger partial charge in [0.25, 0.3) is 0 Å². The molecule has 0 bridgehead atoms. The second kappa shape index (κ2) is 6.77. The van der Waals surface area contributed by atoms with E-state index < -0.39 is 10.0 Å². The van der Waals surface area contributed by atoms with E-state index in [1.165, 1.54) is 4.31 Å². The summed E-state index contributed by atoms with van der Waals surface area (Å²) < 4.78 is 28.5. The van der Waals surface area contributed by atoms with Crippen molar-refractivity contribution in [2.75, 3.05) is 13.1 Å². The molecule has 6 heteroatoms. The van der Waals surface area contributed by atoms with Crippen molar-refractivity contribution in [3.63, 3.8) is 0 Å². The zero-order valence-electron chi connectivity index (χ0n) is 12.1. The maximum absolute atomic E-state index is 12.5. The summed E-state index contributed by atoms with van der Waals surface area (Å²) in [5, 5.41) is 0. The van der Waals surface area contributed by atoms with Gasteiger partial charge in [0.15, 0.2) is 0 Å². The maximum Gasteiger partial charge on any atom is 0.244 e. The van der Waals surface area contributed by atoms with Crippen LogP contribution in [-0.2, 0) is 15.9 Å². The Hall–Kier alpha value is -0.520. The second-order valence-corrected chi connectivity index (χ2v) is 7.00. The zero-order chi connectivity index (χ0) is 14.6. The monoisotopic (exact) mass is 306 g/mol. The smallest absolute Gasteiger partial charge is 0.244 e. The molecule has 19 heavy (non-hydrogen) atoms. The van der Waals surface area contributed by atoms with E-state index in [2.05, 4.69) is 0 Å². The molecule has 0 N–H and O–H groups in total. The molecule has 1 rings (SSSR count). The van der Waals surface area contributed by atoms with Crippen molar-refractivity contribution in [2.45, 2.75) is 50.9 Å². The van der Waals surface area contributed by atoms with Gasteiger partial charge in [-0.2, -0.15) is 4.31 Å². The third-order valence-corrected chi connectivity index (χ3v) is 5.28. The molecule has 0 saturated heterocycles. The van der Waals surface area contributed by atoms with Crippen molar-refractivity contribution in [1.82, 2.24) is 8.87 Å². The standard InChI is InChI=1S/C13H23ClN2O2S/c1-5-7-15(6-2)19(17,18)13-8-12(9-14)16(10-13)11(3)4/h8,10-11H,5-7,9H2,1-4H3. The first-order valence-corrected chi connectivity index (χ1v) is 8.62. The Morgan fingerprint density at radius 3 is 2.37 bits per heavy atom. The van der Waals surface area contributed by atoms with Gasteiger partial charge in [0.2, 0.25) is 10.0 Å². The SMILES string of the molecule is CCCN(CC)S(=O)(=O)c1cc(CCl)n(C(C)C)c1. The highest BCUT2D eigenvalue weighted by Gasteiger charge is 2.25. The molecule has 0 fully saturated rings. The normalized spacial score (nSPS) is 12.6. The van der Waals surface area contributed by atoms with Crippen LogP contribution in [0.15, 0.2) is 17.2 Å². The molecule has 110 valence electrons. The van der Waals surface area contributed by atoms with Crippen LogP contribution >= 0.6 is 11.6 Å². The van der Waals surface area contributed by atoms with Crippen LogP contribution in [0.1, 0.15) is 45.9 Å². The number of hydrogen-bond acceptors (Lipinski definition) is 2. The number of halogens is 1. The molecule has 1 aromatic rings. The van der Waals surface area contributed by atoms with Gasteiger partial charge in [-0.15, -0.1) is 11.6 Å². The first kappa shape index (κ1) is 16.5. The third-order valence-electron chi connectivity index (χ3n) is 3.06. The van der Waals surface area contributed by atoms with E-state index in [9.17, 15) is 8.42 Å². The van der Waals surface area contributed by atoms with Crippen LogP contribution in [0.25, 0.3) is 0 Å². The fourth-order valence-electron chi connectivity index (χ4n) is 2.07. The fourth-order valence-corrected chi connectivity index (χ4v) is 3.88. The predicted octanol–water partition coefficient (Wildman–Crippen LogP) is 3.23. The summed E-state index contributed by atoms with van der Waals surface area (Å²) in [6.07, 6.45) is 2.50. The number of nitrogens with zero attached hydrogens (tertiary/aromatic N) is 2. The Kier molecular flexibility index (Phi) is 5.89. The summed E-state index contributed by atoms with van der Waals surface area (Å²) >= 11 is 5.88. The van der Waals surface area contributed by atoms with Crippen LogP contribution < -0.4 is 0 Å². The topological polar surface area (TPSA) is 42.3 Å². The highest BCUT2D eigenvalue weighted by atomic mass is 35.5. The van der Waals surface area contributed by atoms with Crippen molar-refractivity contribution in [2.24, 2.45) is 0 Å². The first-order valence-electron chi connectivity index (χ1n) is 6.65. The molecule has 0 radical (unpaired) electrons. The van der Waals surface area contributed by atoms with E-state index in [1.807, 2.05) is 32.3 Å². The van der Waals surface area contributed by atoms with E-state index in [4.69, 9.17) is 11.6 Å². The van der Waals surface area contributed by atoms with E-state index in [0.717, 1.165) is 12.1 Å². The van der Waals surface area contributed by atoms with E-state index in [-0.39, 0.29) is 6.04 Å². The number of aromatic nitrogens is 1. The maximum atomic E-state index is 12.5. The Morgan fingerprint density at radius 2 is 2.00 bits per heavy atom. The van der Waals surface area contributed by atoms with Gasteiger partial charge in [-0.1, -0.05) is 13.8 Å². The summed E-state index contributed by atoms with van der Waals surface area (Å²) in [5.41, 5.74) is 0.836. The van der Waals surface area contributed by atoms with E-state index >= 15 is 0 Å². The number of sulfonamides is 1. The van der Waals surface area contributed by atoms with Crippen LogP contribution in [0.3, 0.4) is 0 Å². The Bertz CT molecular complexity index is 509. The Labute approximate surface area is 121 Å². The predicted molar refractivity (Wildman–Crippen MR) is 79.1 cm³/mol. The quantitative estimate of drug-likeness (QED) is 0.726. The van der Waals surface area contributed by atoms with Crippen LogP contribution in [0.5, 0.6) is 0 Å². The molecule has 0 atom stereocenters. The van der Waals surface area contributed by atoms with Gasteiger partial charge < -0.3 is 4.57 Å². The average Bonchev–Trinajstić information content (AvgIpc) is 2.80. The molecule has 0 aliphatic heterocycles. The van der Waals surface area contributed by atoms with Gasteiger partial charge >= 0.3 is 0 Å². The molecule has 0 aromatic carbocycles. The number of alkyl halides is 1. The average molecular weight is 307 g/mol. The molecular weight excluding hydrogens is 284 g/mol. The fraction of sp³-hybridized carbons (Fsp3) is 0.692. The van der Waals surface area contributed by atoms with Crippen LogP contribution in [0, 0.1) is 0 Å². The van der Waals surface area contributed by atoms with Gasteiger partial charge in [0, 0.05) is 31.0 Å². The van der Waals surface area contributed by atoms with Gasteiger partial charge in [-0.25, -0.2) is 8.42 Å². The van der Waals surface area contributed by atoms with Crippen molar-refractivity contribution in [3.8, 4) is 0 Å². The summed E-state index contributed by atoms with van der Waals surface area (Å²) in [5.74, 6) is 0.313. The Balaban J connectivity index is 3.21. The highest BCUT2D eigenvalue weighted by molar-refractivity contribution is 7.89. The number of rotatable bonds is 7. The van der Waals surface area contributed by atoms with E-state index in [0.29, 0.717) is 23.9 Å². The summed E-state index contributed by atoms with van der Waals surface area (Å²) in [7, 11) is -3.40. The lowest BCUT2D eigenvalue weighted by molar-refractivity contribution is 0.427. The first-order chi connectivity index (χ1) is 8.88. The molecule has 0 unspecified atom stereocenters. The van der Waals surface area contributed by atoms with Crippen LogP contribution in [0.2, 0.25) is 0 Å². The highest BCUT2D eigenvalue weighted by Crippen LogP contribution is 2.23. The van der Waals surface area contributed by atoms with Crippen molar-refractivity contribution in [1.29, 1.82) is 0 Å². The molecule has 0 aliphatic carbocycles. The molecule has 4 nitrogen and oxygen atoms in total.